The van der Waals surface area contributed by atoms with Crippen LogP contribution in [0.1, 0.15) is 24.0 Å². The van der Waals surface area contributed by atoms with E-state index in [4.69, 9.17) is 5.11 Å². The first-order valence-electron chi connectivity index (χ1n) is 5.68. The molecular weight excluding hydrogens is 236 g/mol. The van der Waals surface area contributed by atoms with Crippen molar-refractivity contribution >= 4 is 17.7 Å². The molecule has 0 heterocycles. The maximum atomic E-state index is 10.3. The van der Waals surface area contributed by atoms with Gasteiger partial charge in [0.25, 0.3) is 0 Å². The molecular formula is C13H18O3S. The largest absolute Gasteiger partial charge is 0.507 e. The fraction of sp³-hybridized carbons (Fsp3) is 0.462. The van der Waals surface area contributed by atoms with E-state index in [0.29, 0.717) is 11.5 Å². The fourth-order valence-electron chi connectivity index (χ4n) is 1.55. The van der Waals surface area contributed by atoms with Crippen LogP contribution in [0.3, 0.4) is 0 Å². The first-order chi connectivity index (χ1) is 8.11. The van der Waals surface area contributed by atoms with Crippen molar-refractivity contribution in [2.45, 2.75) is 26.2 Å². The number of carbonyl (C=O) groups is 1. The molecule has 0 fully saturated rings. The summed E-state index contributed by atoms with van der Waals surface area (Å²) in [4.78, 5) is 10.3. The zero-order valence-electron chi connectivity index (χ0n) is 9.98. The van der Waals surface area contributed by atoms with Crippen LogP contribution in [-0.2, 0) is 11.2 Å². The Morgan fingerprint density at radius 1 is 1.35 bits per heavy atom. The van der Waals surface area contributed by atoms with Crippen molar-refractivity contribution in [1.82, 2.24) is 0 Å². The van der Waals surface area contributed by atoms with Crippen molar-refractivity contribution in [1.29, 1.82) is 0 Å². The third-order valence-electron chi connectivity index (χ3n) is 2.52. The van der Waals surface area contributed by atoms with Crippen molar-refractivity contribution in [2.75, 3.05) is 11.5 Å². The van der Waals surface area contributed by atoms with Crippen molar-refractivity contribution in [3.63, 3.8) is 0 Å². The molecule has 17 heavy (non-hydrogen) atoms. The van der Waals surface area contributed by atoms with Gasteiger partial charge in [0.2, 0.25) is 0 Å². The molecule has 0 spiro atoms. The minimum atomic E-state index is -0.742. The summed E-state index contributed by atoms with van der Waals surface area (Å²) in [6, 6.07) is 5.77. The lowest BCUT2D eigenvalue weighted by molar-refractivity contribution is -0.136. The summed E-state index contributed by atoms with van der Waals surface area (Å²) in [7, 11) is 0. The van der Waals surface area contributed by atoms with E-state index in [9.17, 15) is 9.90 Å². The number of thioether (sulfide) groups is 1. The molecule has 0 atom stereocenters. The van der Waals surface area contributed by atoms with Gasteiger partial charge in [0.1, 0.15) is 5.75 Å². The number of aryl methyl sites for hydroxylation is 2. The number of aromatic hydroxyl groups is 1. The predicted octanol–water partition coefficient (Wildman–Crippen LogP) is 2.84. The van der Waals surface area contributed by atoms with Crippen LogP contribution in [0.15, 0.2) is 18.2 Å². The highest BCUT2D eigenvalue weighted by atomic mass is 32.2. The number of hydrogen-bond donors (Lipinski definition) is 2. The number of benzene rings is 1. The molecule has 0 saturated heterocycles. The summed E-state index contributed by atoms with van der Waals surface area (Å²) in [5, 5.41) is 18.3. The number of carboxylic acids is 1. The summed E-state index contributed by atoms with van der Waals surface area (Å²) >= 11 is 1.65. The molecule has 0 unspecified atom stereocenters. The maximum absolute atomic E-state index is 10.3. The second-order valence-corrected chi connectivity index (χ2v) is 5.17. The van der Waals surface area contributed by atoms with Crippen molar-refractivity contribution < 1.29 is 15.0 Å². The van der Waals surface area contributed by atoms with E-state index in [-0.39, 0.29) is 6.42 Å². The van der Waals surface area contributed by atoms with Gasteiger partial charge in [-0.05, 0) is 36.6 Å². The monoisotopic (exact) mass is 254 g/mol. The lowest BCUT2D eigenvalue weighted by Crippen LogP contribution is -1.97. The number of carboxylic acid groups (broad SMARTS) is 1. The normalized spacial score (nSPS) is 10.4. The first kappa shape index (κ1) is 13.9. The maximum Gasteiger partial charge on any atom is 0.304 e. The number of para-hydroxylation sites is 1. The number of phenols is 1. The number of aliphatic carboxylic acids is 1. The van der Waals surface area contributed by atoms with Crippen LogP contribution in [0.4, 0.5) is 0 Å². The highest BCUT2D eigenvalue weighted by Crippen LogP contribution is 2.23. The van der Waals surface area contributed by atoms with Gasteiger partial charge in [0.05, 0.1) is 6.42 Å². The van der Waals surface area contributed by atoms with Gasteiger partial charge in [-0.2, -0.15) is 11.8 Å². The Morgan fingerprint density at radius 2 is 2.12 bits per heavy atom. The molecule has 1 rings (SSSR count). The van der Waals surface area contributed by atoms with E-state index < -0.39 is 5.97 Å². The first-order valence-corrected chi connectivity index (χ1v) is 6.83. The molecule has 0 bridgehead atoms. The molecule has 1 aromatic carbocycles. The second kappa shape index (κ2) is 7.22. The van der Waals surface area contributed by atoms with Gasteiger partial charge in [0.15, 0.2) is 0 Å². The molecule has 0 radical (unpaired) electrons. The van der Waals surface area contributed by atoms with Crippen LogP contribution >= 0.6 is 11.8 Å². The van der Waals surface area contributed by atoms with Crippen molar-refractivity contribution in [3.05, 3.63) is 29.3 Å². The molecule has 0 aliphatic heterocycles. The molecule has 3 nitrogen and oxygen atoms in total. The topological polar surface area (TPSA) is 57.5 Å². The Hall–Kier alpha value is -1.16. The SMILES string of the molecule is Cc1cccc(CCCSCCC(=O)O)c1O. The molecule has 0 aliphatic rings. The minimum Gasteiger partial charge on any atom is -0.507 e. The van der Waals surface area contributed by atoms with Gasteiger partial charge in [-0.15, -0.1) is 0 Å². The molecule has 1 aromatic rings. The molecule has 2 N–H and O–H groups in total. The summed E-state index contributed by atoms with van der Waals surface area (Å²) in [5.74, 6) is 1.24. The minimum absolute atomic E-state index is 0.223. The third kappa shape index (κ3) is 5.13. The smallest absolute Gasteiger partial charge is 0.304 e. The second-order valence-electron chi connectivity index (χ2n) is 3.94. The van der Waals surface area contributed by atoms with E-state index in [1.807, 2.05) is 25.1 Å². The Labute approximate surface area is 106 Å². The van der Waals surface area contributed by atoms with E-state index in [1.54, 1.807) is 11.8 Å². The average Bonchev–Trinajstić information content (AvgIpc) is 2.28. The Bertz CT molecular complexity index is 377. The molecule has 0 saturated carbocycles. The van der Waals surface area contributed by atoms with Crippen molar-refractivity contribution in [2.24, 2.45) is 0 Å². The van der Waals surface area contributed by atoms with Crippen LogP contribution in [0, 0.1) is 6.92 Å². The Morgan fingerprint density at radius 3 is 2.82 bits per heavy atom. The van der Waals surface area contributed by atoms with Crippen LogP contribution in [-0.4, -0.2) is 27.7 Å². The average molecular weight is 254 g/mol. The Kier molecular flexibility index (Phi) is 5.91. The molecule has 0 aromatic heterocycles. The van der Waals surface area contributed by atoms with E-state index in [1.165, 1.54) is 0 Å². The van der Waals surface area contributed by atoms with E-state index in [2.05, 4.69) is 0 Å². The zero-order valence-corrected chi connectivity index (χ0v) is 10.8. The highest BCUT2D eigenvalue weighted by Gasteiger charge is 2.03. The van der Waals surface area contributed by atoms with Gasteiger partial charge in [-0.25, -0.2) is 0 Å². The predicted molar refractivity (Wildman–Crippen MR) is 70.7 cm³/mol. The zero-order chi connectivity index (χ0) is 12.7. The summed E-state index contributed by atoms with van der Waals surface area (Å²) in [5.41, 5.74) is 1.88. The standard InChI is InChI=1S/C13H18O3S/c1-10-4-2-5-11(13(10)16)6-3-8-17-9-7-12(14)15/h2,4-5,16H,3,6-9H2,1H3,(H,14,15). The number of phenolic OH excluding ortho intramolecular Hbond substituents is 1. The highest BCUT2D eigenvalue weighted by molar-refractivity contribution is 7.99. The van der Waals surface area contributed by atoms with Gasteiger partial charge < -0.3 is 10.2 Å². The summed E-state index contributed by atoms with van der Waals surface area (Å²) < 4.78 is 0. The lowest BCUT2D eigenvalue weighted by atomic mass is 10.1. The quantitative estimate of drug-likeness (QED) is 0.735. The molecule has 4 heteroatoms. The molecule has 0 aliphatic carbocycles. The Balaban J connectivity index is 2.22. The van der Waals surface area contributed by atoms with Crippen LogP contribution < -0.4 is 0 Å². The van der Waals surface area contributed by atoms with Crippen LogP contribution in [0.25, 0.3) is 0 Å². The summed E-state index contributed by atoms with van der Waals surface area (Å²) in [6.45, 7) is 1.89. The molecule has 0 amide bonds. The van der Waals surface area contributed by atoms with E-state index >= 15 is 0 Å². The third-order valence-corrected chi connectivity index (χ3v) is 3.59. The lowest BCUT2D eigenvalue weighted by Gasteiger charge is -2.06. The van der Waals surface area contributed by atoms with Gasteiger partial charge in [-0.1, -0.05) is 18.2 Å². The summed E-state index contributed by atoms with van der Waals surface area (Å²) in [6.07, 6.45) is 2.02. The van der Waals surface area contributed by atoms with Gasteiger partial charge in [-0.3, -0.25) is 4.79 Å². The fourth-order valence-corrected chi connectivity index (χ4v) is 2.42. The van der Waals surface area contributed by atoms with Crippen LogP contribution in [0.2, 0.25) is 0 Å². The van der Waals surface area contributed by atoms with Crippen molar-refractivity contribution in [3.8, 4) is 5.75 Å². The van der Waals surface area contributed by atoms with Gasteiger partial charge in [0, 0.05) is 5.75 Å². The number of hydrogen-bond acceptors (Lipinski definition) is 3. The van der Waals surface area contributed by atoms with Gasteiger partial charge >= 0.3 is 5.97 Å². The number of rotatable bonds is 7. The molecule has 94 valence electrons. The van der Waals surface area contributed by atoms with Crippen LogP contribution in [0.5, 0.6) is 5.75 Å². The van der Waals surface area contributed by atoms with E-state index in [0.717, 1.165) is 29.7 Å².